The molecule has 0 spiro atoms. The van der Waals surface area contributed by atoms with Gasteiger partial charge in [-0.25, -0.2) is 0 Å². The summed E-state index contributed by atoms with van der Waals surface area (Å²) in [7, 11) is 1.50. The number of hydrogen-bond acceptors (Lipinski definition) is 5. The van der Waals surface area contributed by atoms with Crippen molar-refractivity contribution in [3.05, 3.63) is 33.9 Å². The van der Waals surface area contributed by atoms with E-state index in [2.05, 4.69) is 24.5 Å². The van der Waals surface area contributed by atoms with Crippen molar-refractivity contribution >= 4 is 29.0 Å². The maximum atomic E-state index is 11.8. The predicted molar refractivity (Wildman–Crippen MR) is 82.6 cm³/mol. The van der Waals surface area contributed by atoms with Crippen LogP contribution in [0.1, 0.15) is 24.2 Å². The Kier molecular flexibility index (Phi) is 5.38. The van der Waals surface area contributed by atoms with Crippen LogP contribution < -0.4 is 10.6 Å². The summed E-state index contributed by atoms with van der Waals surface area (Å²) >= 11 is 1.70. The molecule has 0 saturated heterocycles. The lowest BCUT2D eigenvalue weighted by molar-refractivity contribution is -0.384. The highest BCUT2D eigenvalue weighted by Crippen LogP contribution is 2.25. The Hall–Kier alpha value is -1.76. The molecule has 7 heteroatoms. The molecular formula is C13H19N3O3S. The van der Waals surface area contributed by atoms with Gasteiger partial charge in [0.2, 0.25) is 0 Å². The zero-order chi connectivity index (χ0) is 15.3. The molecule has 1 amide bonds. The molecule has 20 heavy (non-hydrogen) atoms. The molecule has 0 aromatic heterocycles. The average molecular weight is 297 g/mol. The fraction of sp³-hybridized carbons (Fsp3) is 0.462. The van der Waals surface area contributed by atoms with Crippen LogP contribution in [0, 0.1) is 10.1 Å². The quantitative estimate of drug-likeness (QED) is 0.622. The van der Waals surface area contributed by atoms with Gasteiger partial charge in [-0.05, 0) is 26.2 Å². The molecule has 1 aromatic rings. The zero-order valence-electron chi connectivity index (χ0n) is 12.0. The summed E-state index contributed by atoms with van der Waals surface area (Å²) in [5.74, 6) is -0.349. The summed E-state index contributed by atoms with van der Waals surface area (Å²) in [6.07, 6.45) is 2.01. The molecule has 1 rings (SSSR count). The van der Waals surface area contributed by atoms with Gasteiger partial charge < -0.3 is 10.6 Å². The molecule has 0 aliphatic heterocycles. The molecule has 0 atom stereocenters. The Morgan fingerprint density at radius 1 is 1.45 bits per heavy atom. The number of carbonyl (C=O) groups is 1. The minimum Gasteiger partial charge on any atom is -0.383 e. The number of nitro benzene ring substituents is 1. The van der Waals surface area contributed by atoms with E-state index in [4.69, 9.17) is 0 Å². The van der Waals surface area contributed by atoms with Crippen molar-refractivity contribution in [3.8, 4) is 0 Å². The van der Waals surface area contributed by atoms with Gasteiger partial charge in [0.05, 0.1) is 10.5 Å². The molecule has 6 nitrogen and oxygen atoms in total. The van der Waals surface area contributed by atoms with Crippen LogP contribution in [0.4, 0.5) is 11.4 Å². The first-order valence-corrected chi connectivity index (χ1v) is 7.33. The van der Waals surface area contributed by atoms with E-state index in [1.165, 1.54) is 19.2 Å². The largest absolute Gasteiger partial charge is 0.383 e. The maximum Gasteiger partial charge on any atom is 0.270 e. The van der Waals surface area contributed by atoms with Gasteiger partial charge in [0.1, 0.15) is 0 Å². The third-order valence-electron chi connectivity index (χ3n) is 2.94. The number of nitrogens with one attached hydrogen (secondary N) is 2. The predicted octanol–water partition coefficient (Wildman–Crippen LogP) is 2.51. The van der Waals surface area contributed by atoms with Crippen molar-refractivity contribution < 1.29 is 9.72 Å². The summed E-state index contributed by atoms with van der Waals surface area (Å²) in [6, 6.07) is 4.24. The monoisotopic (exact) mass is 297 g/mol. The van der Waals surface area contributed by atoms with E-state index in [1.807, 2.05) is 6.26 Å². The van der Waals surface area contributed by atoms with Gasteiger partial charge in [-0.3, -0.25) is 14.9 Å². The van der Waals surface area contributed by atoms with Crippen molar-refractivity contribution in [3.63, 3.8) is 0 Å². The highest BCUT2D eigenvalue weighted by Gasteiger charge is 2.19. The lowest BCUT2D eigenvalue weighted by Gasteiger charge is -2.23. The molecule has 0 aliphatic rings. The molecule has 0 aliphatic carbocycles. The van der Waals surface area contributed by atoms with Gasteiger partial charge in [0, 0.05) is 36.2 Å². The Morgan fingerprint density at radius 2 is 2.10 bits per heavy atom. The van der Waals surface area contributed by atoms with Crippen LogP contribution in [0.3, 0.4) is 0 Å². The lowest BCUT2D eigenvalue weighted by Crippen LogP contribution is -2.27. The number of benzene rings is 1. The van der Waals surface area contributed by atoms with Gasteiger partial charge in [-0.15, -0.1) is 0 Å². The summed E-state index contributed by atoms with van der Waals surface area (Å²) in [6.45, 7) is 4.81. The van der Waals surface area contributed by atoms with Crippen LogP contribution in [0.25, 0.3) is 0 Å². The van der Waals surface area contributed by atoms with Crippen LogP contribution >= 0.6 is 11.8 Å². The third kappa shape index (κ3) is 4.12. The first kappa shape index (κ1) is 16.3. The first-order chi connectivity index (χ1) is 9.30. The first-order valence-electron chi connectivity index (χ1n) is 6.10. The number of anilines is 1. The van der Waals surface area contributed by atoms with E-state index in [-0.39, 0.29) is 21.9 Å². The van der Waals surface area contributed by atoms with Gasteiger partial charge >= 0.3 is 0 Å². The Bertz CT molecular complexity index is 518. The standard InChI is InChI=1S/C13H19N3O3S/c1-13(2,20-4)8-15-11-6-5-9(16(18)19)7-10(11)12(17)14-3/h5-7,15H,8H2,1-4H3,(H,14,17). The Morgan fingerprint density at radius 3 is 2.60 bits per heavy atom. The summed E-state index contributed by atoms with van der Waals surface area (Å²) in [5, 5.41) is 16.5. The molecule has 0 radical (unpaired) electrons. The summed E-state index contributed by atoms with van der Waals surface area (Å²) < 4.78 is 0.00172. The number of hydrogen-bond donors (Lipinski definition) is 2. The van der Waals surface area contributed by atoms with E-state index >= 15 is 0 Å². The van der Waals surface area contributed by atoms with E-state index in [0.29, 0.717) is 12.2 Å². The number of non-ortho nitro benzene ring substituents is 1. The van der Waals surface area contributed by atoms with E-state index in [0.717, 1.165) is 0 Å². The molecule has 0 heterocycles. The molecule has 2 N–H and O–H groups in total. The number of carbonyl (C=O) groups excluding carboxylic acids is 1. The van der Waals surface area contributed by atoms with Crippen molar-refractivity contribution in [2.75, 3.05) is 25.2 Å². The van der Waals surface area contributed by atoms with Gasteiger partial charge in [-0.2, -0.15) is 11.8 Å². The van der Waals surface area contributed by atoms with Crippen LogP contribution in [0.5, 0.6) is 0 Å². The Labute approximate surface area is 122 Å². The molecule has 0 bridgehead atoms. The minimum atomic E-state index is -0.512. The fourth-order valence-electron chi connectivity index (χ4n) is 1.50. The van der Waals surface area contributed by atoms with Crippen molar-refractivity contribution in [2.45, 2.75) is 18.6 Å². The van der Waals surface area contributed by atoms with Crippen molar-refractivity contribution in [1.29, 1.82) is 0 Å². The Balaban J connectivity index is 3.06. The summed E-state index contributed by atoms with van der Waals surface area (Å²) in [4.78, 5) is 22.1. The lowest BCUT2D eigenvalue weighted by atomic mass is 10.1. The normalized spacial score (nSPS) is 11.0. The molecule has 0 unspecified atom stereocenters. The van der Waals surface area contributed by atoms with E-state index < -0.39 is 4.92 Å². The minimum absolute atomic E-state index is 0.00172. The number of rotatable bonds is 6. The molecule has 0 saturated carbocycles. The number of thioether (sulfide) groups is 1. The highest BCUT2D eigenvalue weighted by atomic mass is 32.2. The summed E-state index contributed by atoms with van der Waals surface area (Å²) in [5.41, 5.74) is 0.772. The topological polar surface area (TPSA) is 84.3 Å². The number of amides is 1. The second-order valence-corrected chi connectivity index (χ2v) is 6.40. The van der Waals surface area contributed by atoms with Crippen LogP contribution in [0.15, 0.2) is 18.2 Å². The zero-order valence-corrected chi connectivity index (χ0v) is 12.8. The van der Waals surface area contributed by atoms with Crippen LogP contribution in [0.2, 0.25) is 0 Å². The van der Waals surface area contributed by atoms with Crippen LogP contribution in [-0.2, 0) is 0 Å². The second kappa shape index (κ2) is 6.60. The van der Waals surface area contributed by atoms with Gasteiger partial charge in [-0.1, -0.05) is 0 Å². The SMILES string of the molecule is CNC(=O)c1cc([N+](=O)[O-])ccc1NCC(C)(C)SC. The molecule has 110 valence electrons. The number of nitrogens with zero attached hydrogens (tertiary/aromatic N) is 1. The second-order valence-electron chi connectivity index (χ2n) is 4.88. The molecule has 0 fully saturated rings. The average Bonchev–Trinajstić information content (AvgIpc) is 2.44. The smallest absolute Gasteiger partial charge is 0.270 e. The van der Waals surface area contributed by atoms with Crippen molar-refractivity contribution in [1.82, 2.24) is 5.32 Å². The van der Waals surface area contributed by atoms with Crippen molar-refractivity contribution in [2.24, 2.45) is 0 Å². The number of nitro groups is 1. The third-order valence-corrected chi connectivity index (χ3v) is 4.19. The molecule has 1 aromatic carbocycles. The van der Waals surface area contributed by atoms with Gasteiger partial charge in [0.15, 0.2) is 0 Å². The highest BCUT2D eigenvalue weighted by molar-refractivity contribution is 7.99. The van der Waals surface area contributed by atoms with Gasteiger partial charge in [0.25, 0.3) is 11.6 Å². The molecular weight excluding hydrogens is 278 g/mol. The van der Waals surface area contributed by atoms with E-state index in [1.54, 1.807) is 17.8 Å². The van der Waals surface area contributed by atoms with E-state index in [9.17, 15) is 14.9 Å². The van der Waals surface area contributed by atoms with Crippen LogP contribution in [-0.4, -0.2) is 35.4 Å². The maximum absolute atomic E-state index is 11.8. The fourth-order valence-corrected chi connectivity index (χ4v) is 1.72.